The Morgan fingerprint density at radius 1 is 1.31 bits per heavy atom. The lowest BCUT2D eigenvalue weighted by molar-refractivity contribution is -0.137. The van der Waals surface area contributed by atoms with E-state index in [9.17, 15) is 9.59 Å². The summed E-state index contributed by atoms with van der Waals surface area (Å²) in [6.07, 6.45) is 4.84. The summed E-state index contributed by atoms with van der Waals surface area (Å²) in [5.41, 5.74) is 6.62. The van der Waals surface area contributed by atoms with E-state index in [0.29, 0.717) is 36.8 Å². The van der Waals surface area contributed by atoms with Crippen molar-refractivity contribution in [2.45, 2.75) is 52.0 Å². The SMILES string of the molecule is CCCCOc1nc(N)c2[nH]c(=O)n(CCN3CCC(CCC(=O)O)CC3)c2n1. The molecular formula is C19H30N6O4. The van der Waals surface area contributed by atoms with Gasteiger partial charge in [-0.05, 0) is 44.7 Å². The maximum absolute atomic E-state index is 12.4. The van der Waals surface area contributed by atoms with Crippen LogP contribution in [0.4, 0.5) is 5.82 Å². The number of nitrogens with one attached hydrogen (secondary N) is 1. The van der Waals surface area contributed by atoms with E-state index in [4.69, 9.17) is 15.6 Å². The molecule has 2 aromatic heterocycles. The molecule has 0 spiro atoms. The number of H-pyrrole nitrogens is 1. The van der Waals surface area contributed by atoms with E-state index in [-0.39, 0.29) is 23.9 Å². The van der Waals surface area contributed by atoms with Crippen molar-refractivity contribution in [1.29, 1.82) is 0 Å². The van der Waals surface area contributed by atoms with Crippen molar-refractivity contribution in [2.24, 2.45) is 5.92 Å². The highest BCUT2D eigenvalue weighted by Crippen LogP contribution is 2.22. The molecule has 29 heavy (non-hydrogen) atoms. The van der Waals surface area contributed by atoms with Crippen LogP contribution in [0.2, 0.25) is 0 Å². The van der Waals surface area contributed by atoms with Gasteiger partial charge in [0.2, 0.25) is 0 Å². The van der Waals surface area contributed by atoms with Gasteiger partial charge in [-0.3, -0.25) is 9.36 Å². The Kier molecular flexibility index (Phi) is 7.08. The number of unbranched alkanes of at least 4 members (excludes halogenated alkanes) is 1. The number of anilines is 1. The number of nitrogens with zero attached hydrogens (tertiary/aromatic N) is 4. The maximum Gasteiger partial charge on any atom is 0.327 e. The van der Waals surface area contributed by atoms with Crippen molar-refractivity contribution in [1.82, 2.24) is 24.4 Å². The Labute approximate surface area is 169 Å². The molecule has 0 unspecified atom stereocenters. The highest BCUT2D eigenvalue weighted by Gasteiger charge is 2.21. The summed E-state index contributed by atoms with van der Waals surface area (Å²) >= 11 is 0. The third-order valence-electron chi connectivity index (χ3n) is 5.47. The lowest BCUT2D eigenvalue weighted by atomic mass is 9.92. The molecule has 0 aromatic carbocycles. The lowest BCUT2D eigenvalue weighted by Crippen LogP contribution is -2.37. The average molecular weight is 406 g/mol. The molecule has 2 aromatic rings. The number of aromatic nitrogens is 4. The molecule has 4 N–H and O–H groups in total. The van der Waals surface area contributed by atoms with Gasteiger partial charge in [-0.15, -0.1) is 0 Å². The molecule has 0 radical (unpaired) electrons. The molecule has 3 heterocycles. The molecule has 3 rings (SSSR count). The van der Waals surface area contributed by atoms with E-state index >= 15 is 0 Å². The first-order valence-electron chi connectivity index (χ1n) is 10.3. The van der Waals surface area contributed by atoms with Crippen LogP contribution in [-0.4, -0.2) is 61.7 Å². The Hall–Kier alpha value is -2.62. The Morgan fingerprint density at radius 2 is 2.07 bits per heavy atom. The predicted octanol–water partition coefficient (Wildman–Crippen LogP) is 1.46. The largest absolute Gasteiger partial charge is 0.481 e. The number of likely N-dealkylation sites (tertiary alicyclic amines) is 1. The lowest BCUT2D eigenvalue weighted by Gasteiger charge is -2.31. The fourth-order valence-corrected chi connectivity index (χ4v) is 3.68. The summed E-state index contributed by atoms with van der Waals surface area (Å²) < 4.78 is 7.14. The monoisotopic (exact) mass is 406 g/mol. The molecule has 1 aliphatic heterocycles. The van der Waals surface area contributed by atoms with Gasteiger partial charge < -0.3 is 25.5 Å². The number of nitrogens with two attached hydrogens (primary N) is 1. The zero-order valence-corrected chi connectivity index (χ0v) is 16.9. The van der Waals surface area contributed by atoms with E-state index in [1.54, 1.807) is 4.57 Å². The average Bonchev–Trinajstić information content (AvgIpc) is 3.01. The first kappa shape index (κ1) is 21.1. The second-order valence-electron chi connectivity index (χ2n) is 7.59. The smallest absolute Gasteiger partial charge is 0.327 e. The van der Waals surface area contributed by atoms with Crippen LogP contribution in [0.1, 0.15) is 45.4 Å². The van der Waals surface area contributed by atoms with Crippen LogP contribution in [0, 0.1) is 5.92 Å². The quantitative estimate of drug-likeness (QED) is 0.504. The number of nitrogen functional groups attached to an aromatic ring is 1. The Bertz CT molecular complexity index is 885. The van der Waals surface area contributed by atoms with E-state index in [1.807, 2.05) is 0 Å². The van der Waals surface area contributed by atoms with Crippen LogP contribution in [0.5, 0.6) is 6.01 Å². The summed E-state index contributed by atoms with van der Waals surface area (Å²) in [7, 11) is 0. The van der Waals surface area contributed by atoms with Crippen molar-refractivity contribution in [2.75, 3.05) is 32.0 Å². The Morgan fingerprint density at radius 3 is 2.76 bits per heavy atom. The number of carbonyl (C=O) groups is 1. The minimum atomic E-state index is -0.731. The van der Waals surface area contributed by atoms with Crippen molar-refractivity contribution >= 4 is 23.0 Å². The van der Waals surface area contributed by atoms with Crippen LogP contribution < -0.4 is 16.2 Å². The number of aromatic amines is 1. The summed E-state index contributed by atoms with van der Waals surface area (Å²) in [4.78, 5) is 36.7. The summed E-state index contributed by atoms with van der Waals surface area (Å²) in [6, 6.07) is 0.190. The molecule has 1 fully saturated rings. The van der Waals surface area contributed by atoms with E-state index < -0.39 is 5.97 Å². The second-order valence-corrected chi connectivity index (χ2v) is 7.59. The molecule has 0 amide bonds. The number of hydrogen-bond acceptors (Lipinski definition) is 7. The number of aliphatic carboxylic acids is 1. The van der Waals surface area contributed by atoms with Gasteiger partial charge in [0.1, 0.15) is 5.52 Å². The van der Waals surface area contributed by atoms with Crippen molar-refractivity contribution in [3.63, 3.8) is 0 Å². The molecule has 0 atom stereocenters. The van der Waals surface area contributed by atoms with Gasteiger partial charge >= 0.3 is 17.7 Å². The molecule has 10 heteroatoms. The molecule has 1 saturated heterocycles. The topological polar surface area (TPSA) is 139 Å². The summed E-state index contributed by atoms with van der Waals surface area (Å²) in [5, 5.41) is 8.82. The van der Waals surface area contributed by atoms with Gasteiger partial charge in [-0.25, -0.2) is 4.79 Å². The number of carboxylic acids is 1. The fraction of sp³-hybridized carbons (Fsp3) is 0.684. The van der Waals surface area contributed by atoms with Gasteiger partial charge in [0.25, 0.3) is 0 Å². The van der Waals surface area contributed by atoms with Crippen LogP contribution >= 0.6 is 0 Å². The first-order valence-corrected chi connectivity index (χ1v) is 10.3. The predicted molar refractivity (Wildman–Crippen MR) is 109 cm³/mol. The summed E-state index contributed by atoms with van der Waals surface area (Å²) in [6.45, 7) is 5.60. The molecule has 10 nitrogen and oxygen atoms in total. The highest BCUT2D eigenvalue weighted by molar-refractivity contribution is 5.81. The summed E-state index contributed by atoms with van der Waals surface area (Å²) in [5.74, 6) is -0.0597. The molecular weight excluding hydrogens is 376 g/mol. The highest BCUT2D eigenvalue weighted by atomic mass is 16.5. The second kappa shape index (κ2) is 9.73. The zero-order valence-electron chi connectivity index (χ0n) is 16.9. The van der Waals surface area contributed by atoms with E-state index in [1.165, 1.54) is 0 Å². The molecule has 160 valence electrons. The van der Waals surface area contributed by atoms with Crippen LogP contribution in [-0.2, 0) is 11.3 Å². The van der Waals surface area contributed by atoms with Gasteiger partial charge in [0, 0.05) is 19.5 Å². The van der Waals surface area contributed by atoms with Crippen molar-refractivity contribution in [3.05, 3.63) is 10.5 Å². The maximum atomic E-state index is 12.4. The molecule has 0 aliphatic carbocycles. The Balaban J connectivity index is 1.62. The van der Waals surface area contributed by atoms with E-state index in [0.717, 1.165) is 45.2 Å². The van der Waals surface area contributed by atoms with Gasteiger partial charge in [0.15, 0.2) is 11.5 Å². The van der Waals surface area contributed by atoms with Crippen LogP contribution in [0.25, 0.3) is 11.2 Å². The number of piperidine rings is 1. The fourth-order valence-electron chi connectivity index (χ4n) is 3.68. The molecule has 0 saturated carbocycles. The standard InChI is InChI=1S/C19H30N6O4/c1-2-3-12-29-18-22-16(20)15-17(23-18)25(19(28)21-15)11-10-24-8-6-13(7-9-24)4-5-14(26)27/h13H,2-12H2,1H3,(H,21,28)(H,26,27)(H2,20,22,23). The van der Waals surface area contributed by atoms with Gasteiger partial charge in [-0.2, -0.15) is 9.97 Å². The van der Waals surface area contributed by atoms with Gasteiger partial charge in [0.05, 0.1) is 6.61 Å². The normalized spacial score (nSPS) is 15.8. The third kappa shape index (κ3) is 5.47. The van der Waals surface area contributed by atoms with E-state index in [2.05, 4.69) is 26.8 Å². The van der Waals surface area contributed by atoms with Crippen molar-refractivity contribution < 1.29 is 14.6 Å². The molecule has 1 aliphatic rings. The minimum Gasteiger partial charge on any atom is -0.481 e. The zero-order chi connectivity index (χ0) is 20.8. The number of hydrogen-bond donors (Lipinski definition) is 3. The van der Waals surface area contributed by atoms with Gasteiger partial charge in [-0.1, -0.05) is 13.3 Å². The number of ether oxygens (including phenoxy) is 1. The molecule has 0 bridgehead atoms. The minimum absolute atomic E-state index is 0.190. The first-order chi connectivity index (χ1) is 14.0. The van der Waals surface area contributed by atoms with Crippen LogP contribution in [0.15, 0.2) is 4.79 Å². The number of rotatable bonds is 10. The number of fused-ring (bicyclic) bond motifs is 1. The van der Waals surface area contributed by atoms with Crippen molar-refractivity contribution in [3.8, 4) is 6.01 Å². The third-order valence-corrected chi connectivity index (χ3v) is 5.47. The number of carboxylic acid groups (broad SMARTS) is 1. The number of imidazole rings is 1. The van der Waals surface area contributed by atoms with Crippen LogP contribution in [0.3, 0.4) is 0 Å².